The van der Waals surface area contributed by atoms with E-state index >= 15 is 0 Å². The van der Waals surface area contributed by atoms with Crippen molar-refractivity contribution < 1.29 is 8.42 Å². The lowest BCUT2D eigenvalue weighted by Crippen LogP contribution is -2.36. The van der Waals surface area contributed by atoms with Crippen molar-refractivity contribution in [1.82, 2.24) is 15.0 Å². The molecular weight excluding hydrogens is 556 g/mol. The number of hydrogen-bond donors (Lipinski definition) is 2. The molecule has 0 aliphatic heterocycles. The number of benzene rings is 2. The van der Waals surface area contributed by atoms with Gasteiger partial charge in [-0.1, -0.05) is 67.6 Å². The van der Waals surface area contributed by atoms with E-state index in [9.17, 15) is 8.42 Å². The van der Waals surface area contributed by atoms with Crippen LogP contribution in [0.4, 0.5) is 11.6 Å². The Kier molecular flexibility index (Phi) is 8.85. The molecule has 1 aliphatic carbocycles. The van der Waals surface area contributed by atoms with E-state index < -0.39 is 20.8 Å². The van der Waals surface area contributed by atoms with Gasteiger partial charge >= 0.3 is 0 Å². The maximum Gasteiger partial charge on any atom is 0.238 e. The summed E-state index contributed by atoms with van der Waals surface area (Å²) in [5.74, 6) is 2.06. The fourth-order valence-corrected chi connectivity index (χ4v) is 6.55. The quantitative estimate of drug-likeness (QED) is 0.212. The van der Waals surface area contributed by atoms with Gasteiger partial charge in [-0.3, -0.25) is 4.31 Å². The molecule has 226 valence electrons. The number of pyridine rings is 1. The van der Waals surface area contributed by atoms with Gasteiger partial charge in [-0.15, -0.1) is 0 Å². The van der Waals surface area contributed by atoms with Gasteiger partial charge in [0.05, 0.1) is 22.2 Å². The van der Waals surface area contributed by atoms with E-state index in [2.05, 4.69) is 58.6 Å². The summed E-state index contributed by atoms with van der Waals surface area (Å²) >= 11 is 0. The summed E-state index contributed by atoms with van der Waals surface area (Å²) in [4.78, 5) is 13.9. The molecule has 4 aromatic rings. The number of nitrogens with one attached hydrogen (secondary N) is 1. The number of nitrogens with two attached hydrogens (primary N) is 1. The second-order valence-corrected chi connectivity index (χ2v) is 14.9. The van der Waals surface area contributed by atoms with Crippen molar-refractivity contribution in [2.45, 2.75) is 63.8 Å². The molecule has 2 aromatic carbocycles. The molecule has 0 radical (unpaired) electrons. The van der Waals surface area contributed by atoms with Gasteiger partial charge in [0.1, 0.15) is 18.0 Å². The first-order valence-corrected chi connectivity index (χ1v) is 16.4. The Hall–Kier alpha value is -3.82. The summed E-state index contributed by atoms with van der Waals surface area (Å²) in [7, 11) is -2.06. The second-order valence-electron chi connectivity index (χ2n) is 12.3. The summed E-state index contributed by atoms with van der Waals surface area (Å²) in [6.07, 6.45) is 4.12. The van der Waals surface area contributed by atoms with Crippen LogP contribution in [-0.4, -0.2) is 41.7 Å². The summed E-state index contributed by atoms with van der Waals surface area (Å²) in [6.45, 7) is 7.57. The number of rotatable bonds is 12. The molecule has 3 N–H and O–H groups in total. The van der Waals surface area contributed by atoms with E-state index in [4.69, 9.17) is 10.7 Å². The van der Waals surface area contributed by atoms with Crippen molar-refractivity contribution >= 4 is 21.7 Å². The lowest BCUT2D eigenvalue weighted by molar-refractivity contribution is 0.475. The maximum atomic E-state index is 13.2. The van der Waals surface area contributed by atoms with Crippen LogP contribution in [0.25, 0.3) is 11.3 Å². The Morgan fingerprint density at radius 3 is 2.23 bits per heavy atom. The van der Waals surface area contributed by atoms with Crippen LogP contribution in [0.2, 0.25) is 0 Å². The molecule has 1 saturated carbocycles. The third kappa shape index (κ3) is 7.22. The highest BCUT2D eigenvalue weighted by Crippen LogP contribution is 2.43. The molecule has 3 unspecified atom stereocenters. The fourth-order valence-electron chi connectivity index (χ4n) is 5.56. The Morgan fingerprint density at radius 1 is 1.00 bits per heavy atom. The molecular formula is C34H42N6O2S. The Bertz CT molecular complexity index is 1640. The van der Waals surface area contributed by atoms with Crippen LogP contribution in [0, 0.1) is 11.8 Å². The van der Waals surface area contributed by atoms with E-state index in [1.165, 1.54) is 16.2 Å². The Labute approximate surface area is 255 Å². The second kappa shape index (κ2) is 12.4. The van der Waals surface area contributed by atoms with Crippen molar-refractivity contribution in [2.75, 3.05) is 16.7 Å². The summed E-state index contributed by atoms with van der Waals surface area (Å²) < 4.78 is 27.7. The van der Waals surface area contributed by atoms with Crippen LogP contribution in [-0.2, 0) is 28.4 Å². The molecule has 0 saturated heterocycles. The molecule has 0 amide bonds. The maximum absolute atomic E-state index is 13.2. The van der Waals surface area contributed by atoms with Crippen LogP contribution < -0.4 is 15.4 Å². The highest BCUT2D eigenvalue weighted by Gasteiger charge is 2.39. The van der Waals surface area contributed by atoms with E-state index in [-0.39, 0.29) is 6.04 Å². The molecule has 2 aromatic heterocycles. The standard InChI is InChI=1S/C34H42N6O2S/c1-23(2)43(41,42)40(5)33-19-27(29-20-31(37-22-36-29)34(4,35)21-26-14-10-7-11-15-26)18-32(39-33)38-30(28-16-24(28)3)17-25-12-8-6-9-13-25/h6-15,18-20,22-24,28,30H,16-17,21,35H2,1-5H3,(H,38,39)/t24?,28?,30?,34-/m1/s1. The minimum Gasteiger partial charge on any atom is -0.367 e. The first-order chi connectivity index (χ1) is 20.4. The lowest BCUT2D eigenvalue weighted by Gasteiger charge is -2.25. The first-order valence-electron chi connectivity index (χ1n) is 14.9. The minimum atomic E-state index is -3.61. The number of nitrogens with zero attached hydrogens (tertiary/aromatic N) is 4. The van der Waals surface area contributed by atoms with Gasteiger partial charge in [0.15, 0.2) is 0 Å². The molecule has 9 heteroatoms. The van der Waals surface area contributed by atoms with Gasteiger partial charge in [0.25, 0.3) is 0 Å². The van der Waals surface area contributed by atoms with E-state index in [0.717, 1.165) is 24.0 Å². The van der Waals surface area contributed by atoms with Gasteiger partial charge in [-0.25, -0.2) is 23.4 Å². The monoisotopic (exact) mass is 598 g/mol. The van der Waals surface area contributed by atoms with E-state index in [1.807, 2.05) is 43.3 Å². The van der Waals surface area contributed by atoms with Crippen molar-refractivity contribution in [1.29, 1.82) is 0 Å². The molecule has 0 spiro atoms. The smallest absolute Gasteiger partial charge is 0.238 e. The van der Waals surface area contributed by atoms with Crippen LogP contribution in [0.15, 0.2) is 85.2 Å². The summed E-state index contributed by atoms with van der Waals surface area (Å²) in [6, 6.07) is 26.3. The SMILES string of the molecule is CC1CC1C(Cc1ccccc1)Nc1cc(-c2cc([C@](C)(N)Cc3ccccc3)ncn2)cc(N(C)S(=O)(=O)C(C)C)n1. The van der Waals surface area contributed by atoms with Crippen molar-refractivity contribution in [2.24, 2.45) is 17.6 Å². The largest absolute Gasteiger partial charge is 0.367 e. The molecule has 2 heterocycles. The van der Waals surface area contributed by atoms with Gasteiger partial charge in [0, 0.05) is 18.7 Å². The highest BCUT2D eigenvalue weighted by molar-refractivity contribution is 7.93. The average molecular weight is 599 g/mol. The third-order valence-corrected chi connectivity index (χ3v) is 10.5. The predicted molar refractivity (Wildman–Crippen MR) is 174 cm³/mol. The van der Waals surface area contributed by atoms with Crippen LogP contribution >= 0.6 is 0 Å². The van der Waals surface area contributed by atoms with Gasteiger partial charge in [-0.05, 0) is 81.2 Å². The average Bonchev–Trinajstić information content (AvgIpc) is 3.73. The van der Waals surface area contributed by atoms with Gasteiger partial charge in [0.2, 0.25) is 10.0 Å². The minimum absolute atomic E-state index is 0.152. The zero-order valence-electron chi connectivity index (χ0n) is 25.6. The molecule has 5 rings (SSSR count). The lowest BCUT2D eigenvalue weighted by atomic mass is 9.89. The summed E-state index contributed by atoms with van der Waals surface area (Å²) in [5, 5.41) is 3.08. The molecule has 1 fully saturated rings. The van der Waals surface area contributed by atoms with Crippen LogP contribution in [0.5, 0.6) is 0 Å². The fraction of sp³-hybridized carbons (Fsp3) is 0.382. The van der Waals surface area contributed by atoms with Crippen LogP contribution in [0.3, 0.4) is 0 Å². The molecule has 43 heavy (non-hydrogen) atoms. The molecule has 8 nitrogen and oxygen atoms in total. The topological polar surface area (TPSA) is 114 Å². The highest BCUT2D eigenvalue weighted by atomic mass is 32.2. The van der Waals surface area contributed by atoms with Crippen LogP contribution in [0.1, 0.15) is 50.9 Å². The van der Waals surface area contributed by atoms with Crippen molar-refractivity contribution in [3.63, 3.8) is 0 Å². The zero-order chi connectivity index (χ0) is 30.8. The first kappa shape index (κ1) is 30.6. The Morgan fingerprint density at radius 2 is 1.63 bits per heavy atom. The molecule has 4 atom stereocenters. The van der Waals surface area contributed by atoms with E-state index in [0.29, 0.717) is 41.3 Å². The number of anilines is 2. The summed E-state index contributed by atoms with van der Waals surface area (Å²) in [5.41, 5.74) is 10.5. The van der Waals surface area contributed by atoms with Gasteiger partial charge < -0.3 is 11.1 Å². The zero-order valence-corrected chi connectivity index (χ0v) is 26.4. The third-order valence-electron chi connectivity index (χ3n) is 8.39. The number of sulfonamides is 1. The Balaban J connectivity index is 1.53. The van der Waals surface area contributed by atoms with Crippen molar-refractivity contribution in [3.8, 4) is 11.3 Å². The normalized spacial score (nSPS) is 18.6. The predicted octanol–water partition coefficient (Wildman–Crippen LogP) is 5.81. The van der Waals surface area contributed by atoms with E-state index in [1.54, 1.807) is 27.0 Å². The van der Waals surface area contributed by atoms with Gasteiger partial charge in [-0.2, -0.15) is 0 Å². The number of aromatic nitrogens is 3. The number of hydrogen-bond acceptors (Lipinski definition) is 7. The molecule has 1 aliphatic rings. The molecule has 0 bridgehead atoms. The van der Waals surface area contributed by atoms with Crippen molar-refractivity contribution in [3.05, 3.63) is 102 Å².